The Morgan fingerprint density at radius 2 is 2.19 bits per heavy atom. The number of sulfonamides is 1. The topological polar surface area (TPSA) is 88.9 Å². The minimum atomic E-state index is -4.11. The lowest BCUT2D eigenvalue weighted by Gasteiger charge is -2.21. The van der Waals surface area contributed by atoms with Gasteiger partial charge in [-0.25, -0.2) is 17.5 Å². The first-order chi connectivity index (χ1) is 12.9. The summed E-state index contributed by atoms with van der Waals surface area (Å²) in [5.74, 6) is -0.858. The highest BCUT2D eigenvalue weighted by molar-refractivity contribution is 7.89. The van der Waals surface area contributed by atoms with E-state index in [1.54, 1.807) is 12.1 Å². The van der Waals surface area contributed by atoms with Gasteiger partial charge in [0.25, 0.3) is 5.91 Å². The van der Waals surface area contributed by atoms with Crippen LogP contribution in [0, 0.1) is 5.82 Å². The minimum Gasteiger partial charge on any atom is -0.467 e. The van der Waals surface area contributed by atoms with Crippen LogP contribution >= 0.6 is 0 Å². The lowest BCUT2D eigenvalue weighted by molar-refractivity contribution is 0.0666. The molecular formula is C18H21FN2O5S. The van der Waals surface area contributed by atoms with Crippen LogP contribution in [0.1, 0.15) is 16.1 Å². The van der Waals surface area contributed by atoms with E-state index in [-0.39, 0.29) is 31.8 Å². The average Bonchev–Trinajstić information content (AvgIpc) is 3.16. The zero-order valence-corrected chi connectivity index (χ0v) is 15.7. The van der Waals surface area contributed by atoms with Gasteiger partial charge in [0.2, 0.25) is 10.0 Å². The molecule has 0 atom stereocenters. The van der Waals surface area contributed by atoms with E-state index in [1.165, 1.54) is 30.4 Å². The summed E-state index contributed by atoms with van der Waals surface area (Å²) in [6, 6.07) is 6.63. The number of furan rings is 1. The van der Waals surface area contributed by atoms with Crippen molar-refractivity contribution in [2.24, 2.45) is 0 Å². The lowest BCUT2D eigenvalue weighted by Crippen LogP contribution is -2.33. The molecule has 0 spiro atoms. The largest absolute Gasteiger partial charge is 0.467 e. The van der Waals surface area contributed by atoms with Crippen molar-refractivity contribution in [2.45, 2.75) is 11.4 Å². The maximum atomic E-state index is 14.1. The fourth-order valence-corrected chi connectivity index (χ4v) is 3.42. The van der Waals surface area contributed by atoms with E-state index in [9.17, 15) is 17.6 Å². The number of carbonyl (C=O) groups is 1. The predicted molar refractivity (Wildman–Crippen MR) is 97.1 cm³/mol. The third kappa shape index (κ3) is 5.49. The van der Waals surface area contributed by atoms with E-state index in [4.69, 9.17) is 9.15 Å². The highest BCUT2D eigenvalue weighted by Crippen LogP contribution is 2.19. The Balaban J connectivity index is 2.32. The SMILES string of the molecule is C=CCNS(=O)(=O)c1cc(C(=O)N(CCOC)Cc2ccco2)ccc1F. The first kappa shape index (κ1) is 20.8. The Hall–Kier alpha value is -2.49. The number of rotatable bonds is 10. The highest BCUT2D eigenvalue weighted by Gasteiger charge is 2.23. The van der Waals surface area contributed by atoms with Crippen LogP contribution in [-0.2, 0) is 21.3 Å². The fraction of sp³-hybridized carbons (Fsp3) is 0.278. The monoisotopic (exact) mass is 396 g/mol. The number of hydrogen-bond donors (Lipinski definition) is 1. The van der Waals surface area contributed by atoms with E-state index in [1.807, 2.05) is 0 Å². The summed E-state index contributed by atoms with van der Waals surface area (Å²) >= 11 is 0. The summed E-state index contributed by atoms with van der Waals surface area (Å²) in [6.45, 7) is 4.06. The van der Waals surface area contributed by atoms with Crippen LogP contribution in [0.3, 0.4) is 0 Å². The zero-order valence-electron chi connectivity index (χ0n) is 14.9. The molecule has 2 aromatic rings. The average molecular weight is 396 g/mol. The Labute approximate surface area is 157 Å². The number of nitrogens with one attached hydrogen (secondary N) is 1. The van der Waals surface area contributed by atoms with Gasteiger partial charge in [0.1, 0.15) is 16.5 Å². The van der Waals surface area contributed by atoms with Crippen LogP contribution in [0.25, 0.3) is 0 Å². The second-order valence-corrected chi connectivity index (χ2v) is 7.32. The van der Waals surface area contributed by atoms with Gasteiger partial charge in [0.15, 0.2) is 0 Å². The summed E-state index contributed by atoms with van der Waals surface area (Å²) in [5, 5.41) is 0. The van der Waals surface area contributed by atoms with Gasteiger partial charge in [-0.2, -0.15) is 0 Å². The van der Waals surface area contributed by atoms with Gasteiger partial charge in [-0.15, -0.1) is 6.58 Å². The molecule has 0 fully saturated rings. The molecule has 0 aliphatic rings. The molecule has 1 aromatic heterocycles. The number of amides is 1. The third-order valence-corrected chi connectivity index (χ3v) is 5.10. The molecule has 1 heterocycles. The molecule has 0 saturated carbocycles. The number of carbonyl (C=O) groups excluding carboxylic acids is 1. The van der Waals surface area contributed by atoms with Crippen molar-refractivity contribution in [1.82, 2.24) is 9.62 Å². The van der Waals surface area contributed by atoms with Crippen molar-refractivity contribution in [3.8, 4) is 0 Å². The Bertz CT molecular complexity index is 881. The van der Waals surface area contributed by atoms with Gasteiger partial charge in [0.05, 0.1) is 19.4 Å². The minimum absolute atomic E-state index is 0.0398. The summed E-state index contributed by atoms with van der Waals surface area (Å²) in [6.07, 6.45) is 2.82. The number of benzene rings is 1. The summed E-state index contributed by atoms with van der Waals surface area (Å²) in [7, 11) is -2.61. The lowest BCUT2D eigenvalue weighted by atomic mass is 10.2. The van der Waals surface area contributed by atoms with Crippen molar-refractivity contribution in [1.29, 1.82) is 0 Å². The Morgan fingerprint density at radius 3 is 2.81 bits per heavy atom. The summed E-state index contributed by atoms with van der Waals surface area (Å²) in [4.78, 5) is 13.7. The Morgan fingerprint density at radius 1 is 1.41 bits per heavy atom. The number of methoxy groups -OCH3 is 1. The van der Waals surface area contributed by atoms with Crippen molar-refractivity contribution in [3.63, 3.8) is 0 Å². The van der Waals surface area contributed by atoms with Crippen LogP contribution in [0.5, 0.6) is 0 Å². The smallest absolute Gasteiger partial charge is 0.254 e. The van der Waals surface area contributed by atoms with Gasteiger partial charge < -0.3 is 14.1 Å². The van der Waals surface area contributed by atoms with Crippen LogP contribution in [-0.4, -0.2) is 46.0 Å². The van der Waals surface area contributed by atoms with Crippen molar-refractivity contribution < 1.29 is 26.8 Å². The third-order valence-electron chi connectivity index (χ3n) is 3.66. The Kier molecular flexibility index (Phi) is 7.28. The van der Waals surface area contributed by atoms with Gasteiger partial charge in [-0.3, -0.25) is 4.79 Å². The van der Waals surface area contributed by atoms with E-state index in [0.29, 0.717) is 5.76 Å². The second-order valence-electron chi connectivity index (χ2n) is 5.58. The van der Waals surface area contributed by atoms with Gasteiger partial charge in [-0.05, 0) is 30.3 Å². The standard InChI is InChI=1S/C18H21FN2O5S/c1-3-8-20-27(23,24)17-12-14(6-7-16(17)19)18(22)21(9-11-25-2)13-15-5-4-10-26-15/h3-7,10,12,20H,1,8-9,11,13H2,2H3. The maximum Gasteiger partial charge on any atom is 0.254 e. The quantitative estimate of drug-likeness (QED) is 0.622. The molecule has 0 saturated heterocycles. The molecule has 2 rings (SSSR count). The van der Waals surface area contributed by atoms with Crippen LogP contribution in [0.4, 0.5) is 4.39 Å². The van der Waals surface area contributed by atoms with Crippen LogP contribution in [0.2, 0.25) is 0 Å². The predicted octanol–water partition coefficient (Wildman–Crippen LogP) is 2.17. The first-order valence-electron chi connectivity index (χ1n) is 8.09. The molecule has 1 amide bonds. The molecule has 0 aliphatic heterocycles. The fourth-order valence-electron chi connectivity index (χ4n) is 2.32. The first-order valence-corrected chi connectivity index (χ1v) is 9.58. The second kappa shape index (κ2) is 9.45. The van der Waals surface area contributed by atoms with Crippen LogP contribution < -0.4 is 4.72 Å². The molecule has 0 bridgehead atoms. The van der Waals surface area contributed by atoms with E-state index in [0.717, 1.165) is 12.1 Å². The zero-order chi connectivity index (χ0) is 19.9. The van der Waals surface area contributed by atoms with E-state index < -0.39 is 26.6 Å². The van der Waals surface area contributed by atoms with Crippen molar-refractivity contribution in [3.05, 3.63) is 66.4 Å². The van der Waals surface area contributed by atoms with E-state index in [2.05, 4.69) is 11.3 Å². The van der Waals surface area contributed by atoms with Crippen LogP contribution in [0.15, 0.2) is 58.6 Å². The molecule has 7 nitrogen and oxygen atoms in total. The molecule has 27 heavy (non-hydrogen) atoms. The number of ether oxygens (including phenoxy) is 1. The number of hydrogen-bond acceptors (Lipinski definition) is 5. The molecule has 1 aromatic carbocycles. The van der Waals surface area contributed by atoms with E-state index >= 15 is 0 Å². The molecular weight excluding hydrogens is 375 g/mol. The molecule has 146 valence electrons. The molecule has 0 radical (unpaired) electrons. The van der Waals surface area contributed by atoms with Crippen molar-refractivity contribution >= 4 is 15.9 Å². The molecule has 0 aliphatic carbocycles. The molecule has 9 heteroatoms. The molecule has 1 N–H and O–H groups in total. The summed E-state index contributed by atoms with van der Waals surface area (Å²) < 4.78 is 51.0. The number of halogens is 1. The molecule has 0 unspecified atom stereocenters. The number of nitrogens with zero attached hydrogens (tertiary/aromatic N) is 1. The summed E-state index contributed by atoms with van der Waals surface area (Å²) in [5.41, 5.74) is 0.0398. The van der Waals surface area contributed by atoms with Gasteiger partial charge >= 0.3 is 0 Å². The maximum absolute atomic E-state index is 14.1. The van der Waals surface area contributed by atoms with Crippen molar-refractivity contribution in [2.75, 3.05) is 26.8 Å². The van der Waals surface area contributed by atoms with Gasteiger partial charge in [0, 0.05) is 25.8 Å². The highest BCUT2D eigenvalue weighted by atomic mass is 32.2. The van der Waals surface area contributed by atoms with Gasteiger partial charge in [-0.1, -0.05) is 6.08 Å². The normalized spacial score (nSPS) is 11.3.